The van der Waals surface area contributed by atoms with Gasteiger partial charge in [0.05, 0.1) is 31.6 Å². The minimum Gasteiger partial charge on any atom is -0.493 e. The van der Waals surface area contributed by atoms with Gasteiger partial charge < -0.3 is 9.47 Å². The first kappa shape index (κ1) is 37.2. The summed E-state index contributed by atoms with van der Waals surface area (Å²) in [6.45, 7) is 4.44. The number of rotatable bonds is 17. The number of hydrogen-bond donors (Lipinski definition) is 0. The third-order valence-corrected chi connectivity index (χ3v) is 7.52. The van der Waals surface area contributed by atoms with Crippen LogP contribution in [-0.4, -0.2) is 37.7 Å². The average Bonchev–Trinajstić information content (AvgIpc) is 3.34. The lowest BCUT2D eigenvalue weighted by atomic mass is 9.98. The number of halogens is 9. The molecule has 46 heavy (non-hydrogen) atoms. The number of aryl methyl sites for hydroxylation is 1. The number of thiophene rings is 1. The van der Waals surface area contributed by atoms with E-state index < -0.39 is 62.3 Å². The van der Waals surface area contributed by atoms with Crippen molar-refractivity contribution >= 4 is 27.4 Å². The van der Waals surface area contributed by atoms with Crippen LogP contribution in [0.15, 0.2) is 54.6 Å². The van der Waals surface area contributed by atoms with E-state index in [2.05, 4.69) is 20.8 Å². The number of unbranched alkanes of at least 4 members (excludes halogenated alkanes) is 2. The van der Waals surface area contributed by atoms with Gasteiger partial charge in [-0.3, -0.25) is 0 Å². The Kier molecular flexibility index (Phi) is 12.2. The molecule has 1 heterocycles. The molecule has 5 nitrogen and oxygen atoms in total. The molecule has 1 aromatic heterocycles. The molecule has 0 N–H and O–H groups in total. The van der Waals surface area contributed by atoms with Gasteiger partial charge in [0.2, 0.25) is 0 Å². The third kappa shape index (κ3) is 11.2. The Bertz CT molecular complexity index is 1500. The van der Waals surface area contributed by atoms with E-state index in [1.54, 1.807) is 12.1 Å². The normalized spacial score (nSPS) is 12.8. The van der Waals surface area contributed by atoms with Crippen LogP contribution in [0.25, 0.3) is 20.5 Å². The third-order valence-electron chi connectivity index (χ3n) is 6.39. The quantitative estimate of drug-likeness (QED) is 0.0465. The molecule has 3 rings (SSSR count). The fourth-order valence-electron chi connectivity index (χ4n) is 4.15. The molecule has 0 saturated heterocycles. The highest BCUT2D eigenvalue weighted by Crippen LogP contribution is 2.43. The zero-order valence-electron chi connectivity index (χ0n) is 24.8. The van der Waals surface area contributed by atoms with Gasteiger partial charge in [-0.15, -0.1) is 20.1 Å². The van der Waals surface area contributed by atoms with Gasteiger partial charge in [0.15, 0.2) is 0 Å². The topological polar surface area (TPSA) is 54.0 Å². The van der Waals surface area contributed by atoms with Crippen molar-refractivity contribution in [3.05, 3.63) is 65.7 Å². The first-order valence-corrected chi connectivity index (χ1v) is 14.9. The van der Waals surface area contributed by atoms with Gasteiger partial charge in [0.25, 0.3) is 0 Å². The number of esters is 1. The van der Waals surface area contributed by atoms with E-state index in [0.29, 0.717) is 26.9 Å². The van der Waals surface area contributed by atoms with Crippen molar-refractivity contribution in [1.29, 1.82) is 0 Å². The van der Waals surface area contributed by atoms with E-state index in [9.17, 15) is 44.3 Å². The number of carbonyl (C=O) groups is 1. The number of ether oxygens (including phenoxy) is 4. The number of hydrogen-bond acceptors (Lipinski definition) is 6. The number of alkyl halides is 9. The van der Waals surface area contributed by atoms with E-state index in [0.717, 1.165) is 36.7 Å². The van der Waals surface area contributed by atoms with Gasteiger partial charge in [-0.25, -0.2) is 14.3 Å². The molecular formula is C31H31F9O5S. The van der Waals surface area contributed by atoms with Crippen LogP contribution in [0, 0.1) is 0 Å². The van der Waals surface area contributed by atoms with E-state index in [1.165, 1.54) is 31.2 Å². The van der Waals surface area contributed by atoms with Crippen molar-refractivity contribution < 1.29 is 63.3 Å². The summed E-state index contributed by atoms with van der Waals surface area (Å²) in [5.74, 6) is -1.07. The molecule has 0 unspecified atom stereocenters. The highest BCUT2D eigenvalue weighted by molar-refractivity contribution is 7.22. The Labute approximate surface area is 262 Å². The zero-order chi connectivity index (χ0) is 34.3. The molecule has 0 fully saturated rings. The maximum atomic E-state index is 14.1. The van der Waals surface area contributed by atoms with Gasteiger partial charge in [0.1, 0.15) is 5.75 Å². The highest BCUT2D eigenvalue weighted by Gasteiger charge is 2.52. The van der Waals surface area contributed by atoms with E-state index in [1.807, 2.05) is 6.92 Å². The van der Waals surface area contributed by atoms with Crippen molar-refractivity contribution in [2.45, 2.75) is 77.1 Å². The van der Waals surface area contributed by atoms with Gasteiger partial charge in [-0.05, 0) is 61.0 Å². The SMILES string of the molecule is C=C(C)C(=O)OCCC(F)(F)OC(F)(F)OC(F)(F)CCOc1ccc2cc(-c3ccc(CCCCC)cc3C(F)(F)F)sc2c1. The molecule has 0 spiro atoms. The predicted octanol–water partition coefficient (Wildman–Crippen LogP) is 10.4. The lowest BCUT2D eigenvalue weighted by molar-refractivity contribution is -0.514. The standard InChI is InChI=1S/C31H31F9O5S/c1-4-5-6-7-20-8-11-23(24(16-20)30(36,37)38)26-17-21-9-10-22(18-25(21)46-26)42-14-12-28(32,33)44-31(39,40)45-29(34,35)13-15-43-27(41)19(2)3/h8-11,16-18H,2,4-7,12-15H2,1,3H3. The summed E-state index contributed by atoms with van der Waals surface area (Å²) in [6.07, 6.45) is -19.4. The Hall–Kier alpha value is -3.30. The van der Waals surface area contributed by atoms with Crippen LogP contribution in [0.2, 0.25) is 0 Å². The van der Waals surface area contributed by atoms with Crippen LogP contribution >= 0.6 is 11.3 Å². The lowest BCUT2D eigenvalue weighted by Crippen LogP contribution is -2.41. The van der Waals surface area contributed by atoms with Crippen LogP contribution < -0.4 is 4.74 Å². The summed E-state index contributed by atoms with van der Waals surface area (Å²) in [6, 6.07) is 9.98. The maximum Gasteiger partial charge on any atom is 0.494 e. The van der Waals surface area contributed by atoms with Crippen molar-refractivity contribution in [3.8, 4) is 16.2 Å². The van der Waals surface area contributed by atoms with Crippen LogP contribution in [0.5, 0.6) is 5.75 Å². The minimum atomic E-state index is -5.43. The second kappa shape index (κ2) is 15.1. The van der Waals surface area contributed by atoms with E-state index >= 15 is 0 Å². The number of benzene rings is 2. The lowest BCUT2D eigenvalue weighted by Gasteiger charge is -2.26. The van der Waals surface area contributed by atoms with Crippen molar-refractivity contribution in [1.82, 2.24) is 0 Å². The fourth-order valence-corrected chi connectivity index (χ4v) is 5.28. The van der Waals surface area contributed by atoms with Crippen molar-refractivity contribution in [2.24, 2.45) is 0 Å². The Morgan fingerprint density at radius 2 is 1.50 bits per heavy atom. The van der Waals surface area contributed by atoms with Crippen molar-refractivity contribution in [3.63, 3.8) is 0 Å². The van der Waals surface area contributed by atoms with Crippen LogP contribution in [-0.2, 0) is 31.6 Å². The Balaban J connectivity index is 1.62. The Morgan fingerprint density at radius 3 is 2.11 bits per heavy atom. The second-order valence-electron chi connectivity index (χ2n) is 10.4. The molecule has 3 aromatic rings. The molecule has 0 aliphatic rings. The van der Waals surface area contributed by atoms with Crippen LogP contribution in [0.3, 0.4) is 0 Å². The smallest absolute Gasteiger partial charge is 0.493 e. The molecule has 0 amide bonds. The maximum absolute atomic E-state index is 14.1. The monoisotopic (exact) mass is 686 g/mol. The van der Waals surface area contributed by atoms with Gasteiger partial charge >= 0.3 is 30.7 Å². The molecule has 254 valence electrons. The predicted molar refractivity (Wildman–Crippen MR) is 153 cm³/mol. The average molecular weight is 687 g/mol. The molecule has 0 bridgehead atoms. The summed E-state index contributed by atoms with van der Waals surface area (Å²) >= 11 is 1.01. The molecule has 0 saturated carbocycles. The summed E-state index contributed by atoms with van der Waals surface area (Å²) in [5.41, 5.74) is -0.370. The van der Waals surface area contributed by atoms with Crippen LogP contribution in [0.4, 0.5) is 39.5 Å². The molecule has 0 aliphatic carbocycles. The van der Waals surface area contributed by atoms with Gasteiger partial charge in [-0.2, -0.15) is 30.7 Å². The Morgan fingerprint density at radius 1 is 0.848 bits per heavy atom. The zero-order valence-corrected chi connectivity index (χ0v) is 25.6. The molecule has 2 aromatic carbocycles. The molecular weight excluding hydrogens is 655 g/mol. The van der Waals surface area contributed by atoms with Gasteiger partial charge in [-0.1, -0.05) is 38.5 Å². The summed E-state index contributed by atoms with van der Waals surface area (Å²) in [4.78, 5) is 11.5. The summed E-state index contributed by atoms with van der Waals surface area (Å²) in [5, 5.41) is 0.549. The van der Waals surface area contributed by atoms with E-state index in [4.69, 9.17) is 4.74 Å². The fraction of sp³-hybridized carbons (Fsp3) is 0.452. The molecule has 0 atom stereocenters. The first-order valence-electron chi connectivity index (χ1n) is 14.0. The van der Waals surface area contributed by atoms with Gasteiger partial charge in [0, 0.05) is 20.7 Å². The number of carbonyl (C=O) groups excluding carboxylic acids is 1. The summed E-state index contributed by atoms with van der Waals surface area (Å²) < 4.78 is 141. The summed E-state index contributed by atoms with van der Waals surface area (Å²) in [7, 11) is 0. The second-order valence-corrected chi connectivity index (χ2v) is 11.4. The first-order chi connectivity index (χ1) is 21.3. The van der Waals surface area contributed by atoms with E-state index in [-0.39, 0.29) is 16.9 Å². The largest absolute Gasteiger partial charge is 0.494 e. The van der Waals surface area contributed by atoms with Crippen LogP contribution in [0.1, 0.15) is 57.1 Å². The molecule has 15 heteroatoms. The number of fused-ring (bicyclic) bond motifs is 1. The highest BCUT2D eigenvalue weighted by atomic mass is 32.1. The van der Waals surface area contributed by atoms with Crippen molar-refractivity contribution in [2.75, 3.05) is 13.2 Å². The minimum absolute atomic E-state index is 0.00197. The molecule has 0 radical (unpaired) electrons. The molecule has 0 aliphatic heterocycles.